The second-order valence-electron chi connectivity index (χ2n) is 7.12. The summed E-state index contributed by atoms with van der Waals surface area (Å²) in [6.07, 6.45) is 4.52. The summed E-state index contributed by atoms with van der Waals surface area (Å²) in [6.45, 7) is 13.0. The van der Waals surface area contributed by atoms with Gasteiger partial charge in [-0.3, -0.25) is 27.1 Å². The molecule has 0 aromatic carbocycles. The van der Waals surface area contributed by atoms with Crippen LogP contribution in [0.1, 0.15) is 86.5 Å². The Balaban J connectivity index is 5.28. The van der Waals surface area contributed by atoms with Gasteiger partial charge in [-0.25, -0.2) is 9.13 Å². The zero-order valence-electron chi connectivity index (χ0n) is 19.8. The molecule has 0 saturated carbocycles. The van der Waals surface area contributed by atoms with Crippen LogP contribution in [-0.4, -0.2) is 39.1 Å². The van der Waals surface area contributed by atoms with E-state index in [4.69, 9.17) is 27.1 Å². The monoisotopic (exact) mass is 474 g/mol. The van der Waals surface area contributed by atoms with E-state index in [2.05, 4.69) is 0 Å². The van der Waals surface area contributed by atoms with Crippen molar-refractivity contribution in [1.82, 2.24) is 0 Å². The summed E-state index contributed by atoms with van der Waals surface area (Å²) >= 11 is 0. The van der Waals surface area contributed by atoms with Gasteiger partial charge in [0.05, 0.1) is 39.1 Å². The normalized spacial score (nSPS) is 14.7. The second-order valence-corrected chi connectivity index (χ2v) is 10.4. The van der Waals surface area contributed by atoms with Crippen molar-refractivity contribution in [2.45, 2.75) is 92.6 Å². The topological polar surface area (TPSA) is 89.5 Å². The smallest absolute Gasteiger partial charge is 0.287 e. The number of rotatable bonds is 21. The number of hydrogen-bond acceptors (Lipinski definition) is 8. The first-order chi connectivity index (χ1) is 14.3. The molecule has 182 valence electrons. The summed E-state index contributed by atoms with van der Waals surface area (Å²) in [7, 11) is -7.34. The molecule has 0 fully saturated rings. The van der Waals surface area contributed by atoms with Crippen molar-refractivity contribution >= 4 is 15.6 Å². The molecular formula is C20H44O8P2. The second kappa shape index (κ2) is 17.7. The van der Waals surface area contributed by atoms with E-state index in [1.165, 1.54) is 0 Å². The molecule has 0 aromatic rings. The standard InChI is InChI=1S/C20H44O8P2/c1-7-13-20(28-30(22,25-16-10-4)26-17-11-5)19(12-6)18-27-29(21,23-14-8-2)24-15-9-3/h19-20H,7-18H2,1-6H3. The molecule has 0 spiro atoms. The first-order valence-electron chi connectivity index (χ1n) is 11.4. The lowest BCUT2D eigenvalue weighted by molar-refractivity contribution is 0.0211. The molecule has 0 radical (unpaired) electrons. The zero-order chi connectivity index (χ0) is 22.9. The highest BCUT2D eigenvalue weighted by molar-refractivity contribution is 7.48. The van der Waals surface area contributed by atoms with Crippen LogP contribution < -0.4 is 0 Å². The molecule has 8 nitrogen and oxygen atoms in total. The lowest BCUT2D eigenvalue weighted by atomic mass is 9.97. The molecule has 2 unspecified atom stereocenters. The molecule has 30 heavy (non-hydrogen) atoms. The van der Waals surface area contributed by atoms with Gasteiger partial charge in [0.15, 0.2) is 0 Å². The highest BCUT2D eigenvalue weighted by Gasteiger charge is 2.35. The third-order valence-electron chi connectivity index (χ3n) is 4.15. The summed E-state index contributed by atoms with van der Waals surface area (Å²) in [4.78, 5) is 0. The molecule has 10 heteroatoms. The van der Waals surface area contributed by atoms with Crippen molar-refractivity contribution in [1.29, 1.82) is 0 Å². The highest BCUT2D eigenvalue weighted by atomic mass is 31.2. The molecule has 0 saturated heterocycles. The third kappa shape index (κ3) is 12.9. The lowest BCUT2D eigenvalue weighted by Crippen LogP contribution is -2.27. The average Bonchev–Trinajstić information content (AvgIpc) is 2.74. The first kappa shape index (κ1) is 30.2. The minimum atomic E-state index is -3.69. The van der Waals surface area contributed by atoms with Gasteiger partial charge in [-0.2, -0.15) is 0 Å². The fourth-order valence-corrected chi connectivity index (χ4v) is 5.55. The Morgan fingerprint density at radius 2 is 1.03 bits per heavy atom. The van der Waals surface area contributed by atoms with E-state index in [0.29, 0.717) is 38.5 Å². The van der Waals surface area contributed by atoms with Crippen LogP contribution in [0.3, 0.4) is 0 Å². The molecule has 0 heterocycles. The summed E-state index contributed by atoms with van der Waals surface area (Å²) in [5.41, 5.74) is 0. The Labute approximate surface area is 183 Å². The lowest BCUT2D eigenvalue weighted by Gasteiger charge is -2.30. The maximum atomic E-state index is 13.1. The van der Waals surface area contributed by atoms with Crippen molar-refractivity contribution < 1.29 is 36.3 Å². The van der Waals surface area contributed by atoms with Crippen LogP contribution in [0.25, 0.3) is 0 Å². The van der Waals surface area contributed by atoms with Crippen molar-refractivity contribution in [3.8, 4) is 0 Å². The molecule has 0 rings (SSSR count). The Hall–Kier alpha value is 0.220. The predicted molar refractivity (Wildman–Crippen MR) is 120 cm³/mol. The van der Waals surface area contributed by atoms with Crippen LogP contribution in [0.15, 0.2) is 0 Å². The van der Waals surface area contributed by atoms with Crippen molar-refractivity contribution in [3.05, 3.63) is 0 Å². The van der Waals surface area contributed by atoms with Gasteiger partial charge in [-0.05, 0) is 38.5 Å². The van der Waals surface area contributed by atoms with E-state index in [1.54, 1.807) is 0 Å². The van der Waals surface area contributed by atoms with Crippen LogP contribution in [0.2, 0.25) is 0 Å². The SMILES string of the molecule is CCCOP(=O)(OCCC)OCC(CC)C(CCC)OP(=O)(OCCC)OCCC. The van der Waals surface area contributed by atoms with Gasteiger partial charge in [-0.15, -0.1) is 0 Å². The predicted octanol–water partition coefficient (Wildman–Crippen LogP) is 7.14. The van der Waals surface area contributed by atoms with E-state index >= 15 is 0 Å². The number of phosphoric acid groups is 2. The largest absolute Gasteiger partial charge is 0.475 e. The molecule has 2 atom stereocenters. The van der Waals surface area contributed by atoms with Gasteiger partial charge in [-0.1, -0.05) is 48.0 Å². The summed E-state index contributed by atoms with van der Waals surface area (Å²) in [5, 5.41) is 0. The maximum absolute atomic E-state index is 13.1. The maximum Gasteiger partial charge on any atom is 0.475 e. The molecule has 0 bridgehead atoms. The van der Waals surface area contributed by atoms with E-state index in [1.807, 2.05) is 41.5 Å². The van der Waals surface area contributed by atoms with Crippen LogP contribution >= 0.6 is 15.6 Å². The van der Waals surface area contributed by atoms with Crippen molar-refractivity contribution in [2.75, 3.05) is 33.0 Å². The Morgan fingerprint density at radius 1 is 0.600 bits per heavy atom. The summed E-state index contributed by atoms with van der Waals surface area (Å²) in [6, 6.07) is 0. The average molecular weight is 475 g/mol. The molecule has 0 aliphatic carbocycles. The Kier molecular flexibility index (Phi) is 17.9. The van der Waals surface area contributed by atoms with E-state index in [9.17, 15) is 9.13 Å². The van der Waals surface area contributed by atoms with Gasteiger partial charge >= 0.3 is 15.6 Å². The molecule has 0 amide bonds. The molecule has 0 aromatic heterocycles. The quantitative estimate of drug-likeness (QED) is 0.162. The van der Waals surface area contributed by atoms with Gasteiger partial charge < -0.3 is 0 Å². The molecule has 0 aliphatic rings. The highest BCUT2D eigenvalue weighted by Crippen LogP contribution is 2.53. The van der Waals surface area contributed by atoms with E-state index < -0.39 is 21.7 Å². The Bertz CT molecular complexity index is 479. The number of phosphoric ester groups is 2. The van der Waals surface area contributed by atoms with Crippen LogP contribution in [-0.2, 0) is 36.3 Å². The minimum Gasteiger partial charge on any atom is -0.287 e. The van der Waals surface area contributed by atoms with Crippen LogP contribution in [0.5, 0.6) is 0 Å². The van der Waals surface area contributed by atoms with Crippen LogP contribution in [0, 0.1) is 5.92 Å². The van der Waals surface area contributed by atoms with Crippen molar-refractivity contribution in [2.24, 2.45) is 5.92 Å². The van der Waals surface area contributed by atoms with Gasteiger partial charge in [0, 0.05) is 5.92 Å². The van der Waals surface area contributed by atoms with Gasteiger partial charge in [0.25, 0.3) is 0 Å². The fourth-order valence-electron chi connectivity index (χ4n) is 2.52. The van der Waals surface area contributed by atoms with Crippen LogP contribution in [0.4, 0.5) is 0 Å². The fraction of sp³-hybridized carbons (Fsp3) is 1.00. The van der Waals surface area contributed by atoms with Gasteiger partial charge in [0.2, 0.25) is 0 Å². The molecule has 0 N–H and O–H groups in total. The molecule has 0 aliphatic heterocycles. The Morgan fingerprint density at radius 3 is 1.40 bits per heavy atom. The van der Waals surface area contributed by atoms with E-state index in [0.717, 1.165) is 6.42 Å². The summed E-state index contributed by atoms with van der Waals surface area (Å²) < 4.78 is 59.3. The minimum absolute atomic E-state index is 0.105. The number of hydrogen-bond donors (Lipinski definition) is 0. The van der Waals surface area contributed by atoms with Crippen molar-refractivity contribution in [3.63, 3.8) is 0 Å². The zero-order valence-corrected chi connectivity index (χ0v) is 21.6. The first-order valence-corrected chi connectivity index (χ1v) is 14.4. The van der Waals surface area contributed by atoms with E-state index in [-0.39, 0.29) is 39.0 Å². The molecular weight excluding hydrogens is 430 g/mol. The summed E-state index contributed by atoms with van der Waals surface area (Å²) in [5.74, 6) is -0.169. The third-order valence-corrected chi connectivity index (χ3v) is 7.14. The van der Waals surface area contributed by atoms with Gasteiger partial charge in [0.1, 0.15) is 0 Å².